The smallest absolute Gasteiger partial charge is 0.306 e. The van der Waals surface area contributed by atoms with E-state index in [9.17, 15) is 4.79 Å². The second kappa shape index (κ2) is 6.73. The number of imidazole rings is 1. The second-order valence-corrected chi connectivity index (χ2v) is 4.33. The van der Waals surface area contributed by atoms with Gasteiger partial charge in [0.25, 0.3) is 0 Å². The van der Waals surface area contributed by atoms with Crippen LogP contribution in [0.1, 0.15) is 24.6 Å². The lowest BCUT2D eigenvalue weighted by Crippen LogP contribution is -2.05. The molecule has 0 aliphatic heterocycles. The van der Waals surface area contributed by atoms with E-state index in [1.807, 2.05) is 35.9 Å². The molecule has 0 spiro atoms. The predicted octanol–water partition coefficient (Wildman–Crippen LogP) is 2.43. The molecule has 4 heteroatoms. The van der Waals surface area contributed by atoms with Gasteiger partial charge in [-0.05, 0) is 12.5 Å². The number of carbonyl (C=O) groups is 1. The Kier molecular flexibility index (Phi) is 4.72. The van der Waals surface area contributed by atoms with Gasteiger partial charge in [0, 0.05) is 19.2 Å². The first-order chi connectivity index (χ1) is 9.28. The summed E-state index contributed by atoms with van der Waals surface area (Å²) < 4.78 is 6.92. The number of nitrogens with zero attached hydrogens (tertiary/aromatic N) is 2. The van der Waals surface area contributed by atoms with Crippen molar-refractivity contribution in [1.29, 1.82) is 0 Å². The minimum absolute atomic E-state index is 0.167. The molecule has 0 unspecified atom stereocenters. The van der Waals surface area contributed by atoms with Gasteiger partial charge in [-0.15, -0.1) is 0 Å². The molecule has 0 N–H and O–H groups in total. The number of benzene rings is 1. The van der Waals surface area contributed by atoms with Crippen LogP contribution in [0, 0.1) is 0 Å². The van der Waals surface area contributed by atoms with Gasteiger partial charge in [-0.2, -0.15) is 0 Å². The quantitative estimate of drug-likeness (QED) is 0.747. The molecular weight excluding hydrogens is 240 g/mol. The van der Waals surface area contributed by atoms with Crippen molar-refractivity contribution in [2.75, 3.05) is 6.61 Å². The summed E-state index contributed by atoms with van der Waals surface area (Å²) in [6, 6.07) is 10.2. The fourth-order valence-electron chi connectivity index (χ4n) is 1.88. The van der Waals surface area contributed by atoms with Crippen LogP contribution in [0.3, 0.4) is 0 Å². The molecule has 100 valence electrons. The van der Waals surface area contributed by atoms with Crippen LogP contribution in [-0.4, -0.2) is 22.1 Å². The first-order valence-corrected chi connectivity index (χ1v) is 6.48. The largest absolute Gasteiger partial charge is 0.466 e. The molecule has 1 aromatic carbocycles. The Morgan fingerprint density at radius 1 is 1.32 bits per heavy atom. The molecule has 4 nitrogen and oxygen atoms in total. The Bertz CT molecular complexity index is 520. The maximum atomic E-state index is 11.3. The van der Waals surface area contributed by atoms with Crippen molar-refractivity contribution in [3.8, 4) is 0 Å². The fourth-order valence-corrected chi connectivity index (χ4v) is 1.88. The highest BCUT2D eigenvalue weighted by atomic mass is 16.5. The lowest BCUT2D eigenvalue weighted by Gasteiger charge is -2.01. The van der Waals surface area contributed by atoms with Gasteiger partial charge in [-0.25, -0.2) is 4.98 Å². The average Bonchev–Trinajstić information content (AvgIpc) is 2.86. The summed E-state index contributed by atoms with van der Waals surface area (Å²) in [6.07, 6.45) is 4.79. The number of esters is 1. The van der Waals surface area contributed by atoms with Gasteiger partial charge in [-0.3, -0.25) is 4.79 Å². The van der Waals surface area contributed by atoms with Crippen molar-refractivity contribution in [3.63, 3.8) is 0 Å². The van der Waals surface area contributed by atoms with Crippen molar-refractivity contribution in [2.45, 2.75) is 26.3 Å². The molecule has 0 bridgehead atoms. The molecule has 19 heavy (non-hydrogen) atoms. The molecule has 0 amide bonds. The summed E-state index contributed by atoms with van der Waals surface area (Å²) in [4.78, 5) is 15.6. The normalized spacial score (nSPS) is 10.4. The molecule has 0 fully saturated rings. The lowest BCUT2D eigenvalue weighted by molar-refractivity contribution is -0.143. The van der Waals surface area contributed by atoms with Gasteiger partial charge < -0.3 is 9.30 Å². The third kappa shape index (κ3) is 4.25. The van der Waals surface area contributed by atoms with Gasteiger partial charge in [0.2, 0.25) is 0 Å². The zero-order valence-electron chi connectivity index (χ0n) is 11.1. The third-order valence-electron chi connectivity index (χ3n) is 2.79. The molecular formula is C15H18N2O2. The standard InChI is InChI=1S/C15H18N2O2/c1-2-19-15(18)9-8-14-11-17(12-16-14)10-13-6-4-3-5-7-13/h3-7,11-12H,2,8-10H2,1H3. The van der Waals surface area contributed by atoms with Gasteiger partial charge in [0.15, 0.2) is 0 Å². The van der Waals surface area contributed by atoms with Crippen LogP contribution in [0.5, 0.6) is 0 Å². The average molecular weight is 258 g/mol. The van der Waals surface area contributed by atoms with Gasteiger partial charge in [-0.1, -0.05) is 30.3 Å². The summed E-state index contributed by atoms with van der Waals surface area (Å²) in [6.45, 7) is 3.04. The Morgan fingerprint density at radius 2 is 2.11 bits per heavy atom. The second-order valence-electron chi connectivity index (χ2n) is 4.33. The van der Waals surface area contributed by atoms with Crippen LogP contribution in [0.4, 0.5) is 0 Å². The first-order valence-electron chi connectivity index (χ1n) is 6.48. The number of rotatable bonds is 6. The van der Waals surface area contributed by atoms with Crippen LogP contribution in [-0.2, 0) is 22.5 Å². The third-order valence-corrected chi connectivity index (χ3v) is 2.79. The summed E-state index contributed by atoms with van der Waals surface area (Å²) >= 11 is 0. The van der Waals surface area contributed by atoms with Crippen molar-refractivity contribution in [1.82, 2.24) is 9.55 Å². The van der Waals surface area contributed by atoms with E-state index in [0.717, 1.165) is 12.2 Å². The molecule has 0 aliphatic rings. The summed E-state index contributed by atoms with van der Waals surface area (Å²) in [5.74, 6) is -0.167. The van der Waals surface area contributed by atoms with E-state index in [0.29, 0.717) is 19.4 Å². The van der Waals surface area contributed by atoms with E-state index >= 15 is 0 Å². The zero-order chi connectivity index (χ0) is 13.5. The highest BCUT2D eigenvalue weighted by molar-refractivity contribution is 5.69. The summed E-state index contributed by atoms with van der Waals surface area (Å²) in [5.41, 5.74) is 2.15. The van der Waals surface area contributed by atoms with Crippen LogP contribution in [0.2, 0.25) is 0 Å². The molecule has 2 aromatic rings. The number of ether oxygens (including phenoxy) is 1. The Labute approximate surface area is 113 Å². The number of aromatic nitrogens is 2. The van der Waals surface area contributed by atoms with Crippen molar-refractivity contribution < 1.29 is 9.53 Å². The van der Waals surface area contributed by atoms with Crippen molar-refractivity contribution in [3.05, 3.63) is 54.1 Å². The maximum absolute atomic E-state index is 11.3. The number of carbonyl (C=O) groups excluding carboxylic acids is 1. The molecule has 0 atom stereocenters. The first kappa shape index (κ1) is 13.3. The zero-order valence-corrected chi connectivity index (χ0v) is 11.1. The highest BCUT2D eigenvalue weighted by Crippen LogP contribution is 2.06. The predicted molar refractivity (Wildman–Crippen MR) is 72.7 cm³/mol. The maximum Gasteiger partial charge on any atom is 0.306 e. The van der Waals surface area contributed by atoms with E-state index < -0.39 is 0 Å². The molecule has 1 heterocycles. The Hall–Kier alpha value is -2.10. The highest BCUT2D eigenvalue weighted by Gasteiger charge is 2.05. The number of hydrogen-bond donors (Lipinski definition) is 0. The molecule has 1 aromatic heterocycles. The SMILES string of the molecule is CCOC(=O)CCc1cn(Cc2ccccc2)cn1. The van der Waals surface area contributed by atoms with E-state index in [4.69, 9.17) is 4.74 Å². The molecule has 0 saturated carbocycles. The van der Waals surface area contributed by atoms with Crippen LogP contribution < -0.4 is 0 Å². The minimum atomic E-state index is -0.167. The summed E-state index contributed by atoms with van der Waals surface area (Å²) in [7, 11) is 0. The number of aryl methyl sites for hydroxylation is 1. The Balaban J connectivity index is 1.87. The molecule has 2 rings (SSSR count). The van der Waals surface area contributed by atoms with E-state index in [1.54, 1.807) is 6.33 Å². The molecule has 0 radical (unpaired) electrons. The Morgan fingerprint density at radius 3 is 2.84 bits per heavy atom. The van der Waals surface area contributed by atoms with Gasteiger partial charge in [0.1, 0.15) is 0 Å². The lowest BCUT2D eigenvalue weighted by atomic mass is 10.2. The summed E-state index contributed by atoms with van der Waals surface area (Å²) in [5, 5.41) is 0. The minimum Gasteiger partial charge on any atom is -0.466 e. The number of hydrogen-bond acceptors (Lipinski definition) is 3. The van der Waals surface area contributed by atoms with Crippen molar-refractivity contribution in [2.24, 2.45) is 0 Å². The van der Waals surface area contributed by atoms with E-state index in [-0.39, 0.29) is 5.97 Å². The monoisotopic (exact) mass is 258 g/mol. The van der Waals surface area contributed by atoms with Crippen LogP contribution in [0.15, 0.2) is 42.9 Å². The van der Waals surface area contributed by atoms with E-state index in [1.165, 1.54) is 5.56 Å². The van der Waals surface area contributed by atoms with Crippen LogP contribution >= 0.6 is 0 Å². The van der Waals surface area contributed by atoms with E-state index in [2.05, 4.69) is 17.1 Å². The van der Waals surface area contributed by atoms with Gasteiger partial charge >= 0.3 is 5.97 Å². The molecule has 0 aliphatic carbocycles. The topological polar surface area (TPSA) is 44.1 Å². The fraction of sp³-hybridized carbons (Fsp3) is 0.333. The van der Waals surface area contributed by atoms with Crippen molar-refractivity contribution >= 4 is 5.97 Å². The molecule has 0 saturated heterocycles. The van der Waals surface area contributed by atoms with Crippen LogP contribution in [0.25, 0.3) is 0 Å². The van der Waals surface area contributed by atoms with Gasteiger partial charge in [0.05, 0.1) is 25.0 Å².